The molecule has 3 heteroatoms. The maximum Gasteiger partial charge on any atom is 0.314 e. The Labute approximate surface area is 133 Å². The molecule has 1 fully saturated rings. The van der Waals surface area contributed by atoms with Gasteiger partial charge in [0.2, 0.25) is 0 Å². The third-order valence-corrected chi connectivity index (χ3v) is 4.52. The topological polar surface area (TPSA) is 41.1 Å². The number of carbonyl (C=O) groups is 1. The fourth-order valence-corrected chi connectivity index (χ4v) is 2.91. The van der Waals surface area contributed by atoms with E-state index < -0.39 is 0 Å². The molecule has 0 aliphatic heterocycles. The minimum Gasteiger partial charge on any atom is -0.338 e. The molecule has 2 aliphatic rings. The largest absolute Gasteiger partial charge is 0.338 e. The molecule has 0 radical (unpaired) electrons. The fourth-order valence-electron chi connectivity index (χ4n) is 2.91. The number of amides is 2. The first kappa shape index (κ1) is 15.1. The first-order valence-electron chi connectivity index (χ1n) is 8.61. The molecule has 0 bridgehead atoms. The molecule has 0 unspecified atom stereocenters. The number of fused-ring (bicyclic) bond motifs is 1. The number of urea groups is 1. The molecule has 1 aromatic rings. The maximum atomic E-state index is 11.6. The molecule has 0 aromatic heterocycles. The molecule has 0 saturated heterocycles. The van der Waals surface area contributed by atoms with E-state index in [0.29, 0.717) is 6.54 Å². The van der Waals surface area contributed by atoms with Crippen molar-refractivity contribution in [3.63, 3.8) is 0 Å². The second-order valence-electron chi connectivity index (χ2n) is 6.51. The van der Waals surface area contributed by atoms with E-state index in [1.54, 1.807) is 0 Å². The van der Waals surface area contributed by atoms with Crippen molar-refractivity contribution >= 4 is 12.1 Å². The molecule has 1 saturated carbocycles. The van der Waals surface area contributed by atoms with Crippen LogP contribution in [0.1, 0.15) is 48.8 Å². The minimum absolute atomic E-state index is 0.0296. The zero-order valence-corrected chi connectivity index (χ0v) is 13.2. The van der Waals surface area contributed by atoms with Crippen molar-refractivity contribution in [2.75, 3.05) is 13.1 Å². The van der Waals surface area contributed by atoms with E-state index in [2.05, 4.69) is 41.0 Å². The van der Waals surface area contributed by atoms with Gasteiger partial charge < -0.3 is 10.6 Å². The molecular formula is C19H26N2O. The van der Waals surface area contributed by atoms with Gasteiger partial charge in [-0.3, -0.25) is 0 Å². The highest BCUT2D eigenvalue weighted by atomic mass is 16.2. The van der Waals surface area contributed by atoms with Crippen LogP contribution in [0.25, 0.3) is 6.08 Å². The number of benzene rings is 1. The molecule has 118 valence electrons. The molecule has 22 heavy (non-hydrogen) atoms. The van der Waals surface area contributed by atoms with Crippen LogP contribution in [0.15, 0.2) is 24.3 Å². The van der Waals surface area contributed by atoms with Crippen molar-refractivity contribution in [3.05, 3.63) is 41.0 Å². The number of aryl methyl sites for hydroxylation is 1. The lowest BCUT2D eigenvalue weighted by Gasteiger charge is -2.12. The van der Waals surface area contributed by atoms with E-state index >= 15 is 0 Å². The Hall–Kier alpha value is -1.77. The predicted molar refractivity (Wildman–Crippen MR) is 90.9 cm³/mol. The Kier molecular flexibility index (Phi) is 5.15. The highest BCUT2D eigenvalue weighted by Gasteiger charge is 2.21. The molecule has 3 nitrogen and oxygen atoms in total. The summed E-state index contributed by atoms with van der Waals surface area (Å²) in [6.07, 6.45) is 12.9. The summed E-state index contributed by atoms with van der Waals surface area (Å²) >= 11 is 0. The van der Waals surface area contributed by atoms with Crippen LogP contribution in [0, 0.1) is 5.92 Å². The van der Waals surface area contributed by atoms with Crippen molar-refractivity contribution < 1.29 is 4.79 Å². The number of hydrogen-bond donors (Lipinski definition) is 2. The van der Waals surface area contributed by atoms with Crippen LogP contribution >= 0.6 is 0 Å². The van der Waals surface area contributed by atoms with Gasteiger partial charge in [0.1, 0.15) is 0 Å². The number of allylic oxidation sites excluding steroid dienone is 1. The summed E-state index contributed by atoms with van der Waals surface area (Å²) in [5.41, 5.74) is 4.11. The van der Waals surface area contributed by atoms with Crippen LogP contribution in [0.2, 0.25) is 0 Å². The molecule has 0 spiro atoms. The molecule has 2 amide bonds. The summed E-state index contributed by atoms with van der Waals surface area (Å²) in [5.74, 6) is 0.728. The summed E-state index contributed by atoms with van der Waals surface area (Å²) in [5, 5.41) is 5.88. The van der Waals surface area contributed by atoms with Crippen LogP contribution in [0.3, 0.4) is 0 Å². The SMILES string of the molecule is O=C(NCCc1ccc2c(c1)C=CCCCC2)NCC1CC1. The van der Waals surface area contributed by atoms with E-state index in [0.717, 1.165) is 18.9 Å². The lowest BCUT2D eigenvalue weighted by atomic mass is 9.95. The Morgan fingerprint density at radius 3 is 2.95 bits per heavy atom. The zero-order valence-electron chi connectivity index (χ0n) is 13.2. The van der Waals surface area contributed by atoms with E-state index in [1.165, 1.54) is 55.2 Å². The summed E-state index contributed by atoms with van der Waals surface area (Å²) in [6, 6.07) is 6.71. The van der Waals surface area contributed by atoms with Crippen LogP contribution in [-0.4, -0.2) is 19.1 Å². The number of carbonyl (C=O) groups excluding carboxylic acids is 1. The molecular weight excluding hydrogens is 272 g/mol. The summed E-state index contributed by atoms with van der Waals surface area (Å²) < 4.78 is 0. The first-order valence-corrected chi connectivity index (χ1v) is 8.61. The van der Waals surface area contributed by atoms with Crippen LogP contribution in [0.5, 0.6) is 0 Å². The fraction of sp³-hybridized carbons (Fsp3) is 0.526. The summed E-state index contributed by atoms with van der Waals surface area (Å²) in [7, 11) is 0. The van der Waals surface area contributed by atoms with E-state index in [9.17, 15) is 4.79 Å². The monoisotopic (exact) mass is 298 g/mol. The second kappa shape index (κ2) is 7.48. The van der Waals surface area contributed by atoms with Crippen molar-refractivity contribution in [1.82, 2.24) is 10.6 Å². The average Bonchev–Trinajstić information content (AvgIpc) is 3.31. The molecule has 1 aromatic carbocycles. The van der Waals surface area contributed by atoms with Gasteiger partial charge in [-0.15, -0.1) is 0 Å². The van der Waals surface area contributed by atoms with Crippen molar-refractivity contribution in [1.29, 1.82) is 0 Å². The molecule has 2 N–H and O–H groups in total. The van der Waals surface area contributed by atoms with Gasteiger partial charge in [-0.05, 0) is 67.6 Å². The normalized spacial score (nSPS) is 17.3. The quantitative estimate of drug-likeness (QED) is 0.855. The van der Waals surface area contributed by atoms with E-state index in [-0.39, 0.29) is 6.03 Å². The number of hydrogen-bond acceptors (Lipinski definition) is 1. The van der Waals surface area contributed by atoms with Gasteiger partial charge >= 0.3 is 6.03 Å². The van der Waals surface area contributed by atoms with Crippen molar-refractivity contribution in [2.45, 2.75) is 44.9 Å². The molecule has 2 aliphatic carbocycles. The number of rotatable bonds is 5. The lowest BCUT2D eigenvalue weighted by Crippen LogP contribution is -2.37. The molecule has 0 heterocycles. The lowest BCUT2D eigenvalue weighted by molar-refractivity contribution is 0.240. The average molecular weight is 298 g/mol. The Bertz CT molecular complexity index is 546. The summed E-state index contributed by atoms with van der Waals surface area (Å²) in [4.78, 5) is 11.6. The van der Waals surface area contributed by atoms with Gasteiger partial charge in [0, 0.05) is 13.1 Å². The Morgan fingerprint density at radius 1 is 1.18 bits per heavy atom. The second-order valence-corrected chi connectivity index (χ2v) is 6.51. The van der Waals surface area contributed by atoms with Gasteiger partial charge in [-0.2, -0.15) is 0 Å². The third-order valence-electron chi connectivity index (χ3n) is 4.52. The maximum absolute atomic E-state index is 11.6. The van der Waals surface area contributed by atoms with Crippen molar-refractivity contribution in [2.24, 2.45) is 5.92 Å². The Morgan fingerprint density at radius 2 is 2.09 bits per heavy atom. The van der Waals surface area contributed by atoms with Crippen LogP contribution < -0.4 is 10.6 Å². The van der Waals surface area contributed by atoms with Crippen LogP contribution in [0.4, 0.5) is 4.79 Å². The van der Waals surface area contributed by atoms with Crippen LogP contribution in [-0.2, 0) is 12.8 Å². The van der Waals surface area contributed by atoms with Crippen molar-refractivity contribution in [3.8, 4) is 0 Å². The van der Waals surface area contributed by atoms with Gasteiger partial charge in [0.15, 0.2) is 0 Å². The first-order chi connectivity index (χ1) is 10.8. The highest BCUT2D eigenvalue weighted by Crippen LogP contribution is 2.27. The smallest absolute Gasteiger partial charge is 0.314 e. The summed E-state index contributed by atoms with van der Waals surface area (Å²) in [6.45, 7) is 1.52. The third kappa shape index (κ3) is 4.62. The van der Waals surface area contributed by atoms with Gasteiger partial charge in [0.25, 0.3) is 0 Å². The number of nitrogens with one attached hydrogen (secondary N) is 2. The van der Waals surface area contributed by atoms with Gasteiger partial charge in [-0.25, -0.2) is 4.79 Å². The van der Waals surface area contributed by atoms with E-state index in [4.69, 9.17) is 0 Å². The molecule has 0 atom stereocenters. The van der Waals surface area contributed by atoms with Gasteiger partial charge in [0.05, 0.1) is 0 Å². The predicted octanol–water partition coefficient (Wildman–Crippen LogP) is 3.68. The zero-order chi connectivity index (χ0) is 15.2. The van der Waals surface area contributed by atoms with E-state index in [1.807, 2.05) is 0 Å². The highest BCUT2D eigenvalue weighted by molar-refractivity contribution is 5.73. The molecule has 3 rings (SSSR count). The Balaban J connectivity index is 1.47. The minimum atomic E-state index is -0.0296. The standard InChI is InChI=1S/C19H26N2O/c22-19(21-14-16-7-8-16)20-12-11-15-9-10-17-5-3-1-2-4-6-18(17)13-15/h4,6,9-10,13,16H,1-3,5,7-8,11-12,14H2,(H2,20,21,22). The van der Waals surface area contributed by atoms with Gasteiger partial charge in [-0.1, -0.05) is 30.4 Å².